The van der Waals surface area contributed by atoms with Gasteiger partial charge in [0.2, 0.25) is 0 Å². The molecule has 1 aliphatic rings. The first kappa shape index (κ1) is 16.3. The molecule has 1 aliphatic heterocycles. The van der Waals surface area contributed by atoms with Crippen LogP contribution in [0.1, 0.15) is 58.6 Å². The summed E-state index contributed by atoms with van der Waals surface area (Å²) in [7, 11) is 0. The van der Waals surface area contributed by atoms with Crippen LogP contribution < -0.4 is 15.4 Å². The lowest BCUT2D eigenvalue weighted by Gasteiger charge is -2.23. The predicted molar refractivity (Wildman–Crippen MR) is 88.9 cm³/mol. The van der Waals surface area contributed by atoms with Crippen molar-refractivity contribution in [2.45, 2.75) is 71.2 Å². The molecule has 3 unspecified atom stereocenters. The van der Waals surface area contributed by atoms with Crippen LogP contribution in [-0.2, 0) is 0 Å². The van der Waals surface area contributed by atoms with Gasteiger partial charge in [0.25, 0.3) is 0 Å². The fraction of sp³-hybridized carbons (Fsp3) is 0.667. The van der Waals surface area contributed by atoms with Gasteiger partial charge in [-0.05, 0) is 71.2 Å². The summed E-state index contributed by atoms with van der Waals surface area (Å²) in [6, 6.07) is 10.1. The standard InChI is InChI=1S/C18H30N2O/c1-13(2)21-18-9-7-16(8-10-18)15(4)20-14(3)12-17-6-5-11-19-17/h7-10,13-15,17,19-20H,5-6,11-12H2,1-4H3. The molecule has 0 saturated carbocycles. The Hall–Kier alpha value is -1.06. The zero-order valence-electron chi connectivity index (χ0n) is 13.9. The number of ether oxygens (including phenoxy) is 1. The second-order valence-electron chi connectivity index (χ2n) is 6.55. The van der Waals surface area contributed by atoms with E-state index in [2.05, 4.69) is 62.6 Å². The average Bonchev–Trinajstić information content (AvgIpc) is 2.91. The third-order valence-electron chi connectivity index (χ3n) is 4.09. The largest absolute Gasteiger partial charge is 0.491 e. The fourth-order valence-corrected chi connectivity index (χ4v) is 3.08. The maximum atomic E-state index is 5.69. The number of nitrogens with one attached hydrogen (secondary N) is 2. The van der Waals surface area contributed by atoms with Gasteiger partial charge in [0.1, 0.15) is 5.75 Å². The Labute approximate surface area is 129 Å². The molecule has 1 heterocycles. The molecule has 2 rings (SSSR count). The molecule has 118 valence electrons. The van der Waals surface area contributed by atoms with E-state index in [9.17, 15) is 0 Å². The van der Waals surface area contributed by atoms with Crippen molar-refractivity contribution in [1.82, 2.24) is 10.6 Å². The maximum Gasteiger partial charge on any atom is 0.119 e. The van der Waals surface area contributed by atoms with Crippen LogP contribution in [0.5, 0.6) is 5.75 Å². The Bertz CT molecular complexity index is 410. The maximum absolute atomic E-state index is 5.69. The van der Waals surface area contributed by atoms with E-state index in [4.69, 9.17) is 4.74 Å². The van der Waals surface area contributed by atoms with Gasteiger partial charge in [0.15, 0.2) is 0 Å². The summed E-state index contributed by atoms with van der Waals surface area (Å²) in [5, 5.41) is 7.27. The molecule has 3 atom stereocenters. The highest BCUT2D eigenvalue weighted by molar-refractivity contribution is 5.29. The van der Waals surface area contributed by atoms with Crippen molar-refractivity contribution in [2.75, 3.05) is 6.54 Å². The molecule has 1 saturated heterocycles. The van der Waals surface area contributed by atoms with Crippen LogP contribution >= 0.6 is 0 Å². The summed E-state index contributed by atoms with van der Waals surface area (Å²) < 4.78 is 5.69. The van der Waals surface area contributed by atoms with Gasteiger partial charge in [-0.15, -0.1) is 0 Å². The molecule has 1 aromatic rings. The van der Waals surface area contributed by atoms with Crippen molar-refractivity contribution in [3.8, 4) is 5.75 Å². The lowest BCUT2D eigenvalue weighted by molar-refractivity contribution is 0.242. The molecule has 1 aromatic carbocycles. The Morgan fingerprint density at radius 2 is 1.90 bits per heavy atom. The van der Waals surface area contributed by atoms with Crippen molar-refractivity contribution < 1.29 is 4.74 Å². The number of hydrogen-bond acceptors (Lipinski definition) is 3. The first-order chi connectivity index (χ1) is 10.0. The van der Waals surface area contributed by atoms with Gasteiger partial charge in [-0.3, -0.25) is 0 Å². The van der Waals surface area contributed by atoms with Crippen molar-refractivity contribution in [3.05, 3.63) is 29.8 Å². The summed E-state index contributed by atoms with van der Waals surface area (Å²) in [6.45, 7) is 9.81. The van der Waals surface area contributed by atoms with Crippen LogP contribution in [0, 0.1) is 0 Å². The highest BCUT2D eigenvalue weighted by Crippen LogP contribution is 2.20. The predicted octanol–water partition coefficient (Wildman–Crippen LogP) is 3.66. The number of benzene rings is 1. The van der Waals surface area contributed by atoms with Gasteiger partial charge >= 0.3 is 0 Å². The topological polar surface area (TPSA) is 33.3 Å². The van der Waals surface area contributed by atoms with Crippen molar-refractivity contribution in [1.29, 1.82) is 0 Å². The Morgan fingerprint density at radius 3 is 2.48 bits per heavy atom. The number of rotatable bonds is 7. The van der Waals surface area contributed by atoms with E-state index in [0.717, 1.165) is 5.75 Å². The second-order valence-corrected chi connectivity index (χ2v) is 6.55. The zero-order chi connectivity index (χ0) is 15.2. The third-order valence-corrected chi connectivity index (χ3v) is 4.09. The molecular weight excluding hydrogens is 260 g/mol. The third kappa shape index (κ3) is 5.33. The van der Waals surface area contributed by atoms with Crippen molar-refractivity contribution in [3.63, 3.8) is 0 Å². The van der Waals surface area contributed by atoms with Crippen LogP contribution in [-0.4, -0.2) is 24.7 Å². The van der Waals surface area contributed by atoms with E-state index < -0.39 is 0 Å². The summed E-state index contributed by atoms with van der Waals surface area (Å²) in [4.78, 5) is 0. The molecule has 3 heteroatoms. The van der Waals surface area contributed by atoms with Crippen molar-refractivity contribution >= 4 is 0 Å². The summed E-state index contributed by atoms with van der Waals surface area (Å²) in [5.74, 6) is 0.948. The van der Waals surface area contributed by atoms with Crippen LogP contribution in [0.15, 0.2) is 24.3 Å². The molecule has 21 heavy (non-hydrogen) atoms. The Kier molecular flexibility index (Phi) is 6.07. The molecular formula is C18H30N2O. The van der Waals surface area contributed by atoms with E-state index in [1.807, 2.05) is 0 Å². The molecule has 0 amide bonds. The van der Waals surface area contributed by atoms with Crippen LogP contribution in [0.4, 0.5) is 0 Å². The minimum absolute atomic E-state index is 0.227. The highest BCUT2D eigenvalue weighted by atomic mass is 16.5. The van der Waals surface area contributed by atoms with Crippen LogP contribution in [0.25, 0.3) is 0 Å². The Balaban J connectivity index is 1.82. The molecule has 1 fully saturated rings. The van der Waals surface area contributed by atoms with E-state index in [1.165, 1.54) is 31.4 Å². The highest BCUT2D eigenvalue weighted by Gasteiger charge is 2.18. The molecule has 3 nitrogen and oxygen atoms in total. The lowest BCUT2D eigenvalue weighted by Crippen LogP contribution is -2.35. The monoisotopic (exact) mass is 290 g/mol. The van der Waals surface area contributed by atoms with Gasteiger partial charge in [0.05, 0.1) is 6.10 Å². The van der Waals surface area contributed by atoms with E-state index in [0.29, 0.717) is 18.1 Å². The van der Waals surface area contributed by atoms with Crippen molar-refractivity contribution in [2.24, 2.45) is 0 Å². The summed E-state index contributed by atoms with van der Waals surface area (Å²) in [6.07, 6.45) is 4.08. The zero-order valence-corrected chi connectivity index (χ0v) is 13.9. The van der Waals surface area contributed by atoms with Gasteiger partial charge in [-0.2, -0.15) is 0 Å². The fourth-order valence-electron chi connectivity index (χ4n) is 3.08. The minimum atomic E-state index is 0.227. The van der Waals surface area contributed by atoms with Gasteiger partial charge in [-0.25, -0.2) is 0 Å². The van der Waals surface area contributed by atoms with E-state index in [1.54, 1.807) is 0 Å². The smallest absolute Gasteiger partial charge is 0.119 e. The van der Waals surface area contributed by atoms with E-state index in [-0.39, 0.29) is 6.10 Å². The summed E-state index contributed by atoms with van der Waals surface area (Å²) in [5.41, 5.74) is 1.32. The SMILES string of the molecule is CC(CC1CCCN1)NC(C)c1ccc(OC(C)C)cc1. The molecule has 0 aromatic heterocycles. The average molecular weight is 290 g/mol. The molecule has 0 radical (unpaired) electrons. The molecule has 0 spiro atoms. The van der Waals surface area contributed by atoms with Gasteiger partial charge < -0.3 is 15.4 Å². The van der Waals surface area contributed by atoms with Gasteiger partial charge in [-0.1, -0.05) is 12.1 Å². The van der Waals surface area contributed by atoms with Gasteiger partial charge in [0, 0.05) is 18.1 Å². The minimum Gasteiger partial charge on any atom is -0.491 e. The quantitative estimate of drug-likeness (QED) is 0.804. The second kappa shape index (κ2) is 7.81. The molecule has 0 bridgehead atoms. The normalized spacial score (nSPS) is 21.5. The van der Waals surface area contributed by atoms with Crippen LogP contribution in [0.2, 0.25) is 0 Å². The van der Waals surface area contributed by atoms with E-state index >= 15 is 0 Å². The summed E-state index contributed by atoms with van der Waals surface area (Å²) >= 11 is 0. The Morgan fingerprint density at radius 1 is 1.19 bits per heavy atom. The molecule has 0 aliphatic carbocycles. The van der Waals surface area contributed by atoms with Crippen LogP contribution in [0.3, 0.4) is 0 Å². The number of hydrogen-bond donors (Lipinski definition) is 2. The molecule has 2 N–H and O–H groups in total. The first-order valence-electron chi connectivity index (χ1n) is 8.30. The lowest BCUT2D eigenvalue weighted by atomic mass is 10.0. The first-order valence-corrected chi connectivity index (χ1v) is 8.30.